The Bertz CT molecular complexity index is 816. The van der Waals surface area contributed by atoms with Gasteiger partial charge in [0.15, 0.2) is 11.5 Å². The van der Waals surface area contributed by atoms with Crippen LogP contribution in [0.4, 0.5) is 0 Å². The summed E-state index contributed by atoms with van der Waals surface area (Å²) < 4.78 is 18.8. The maximum atomic E-state index is 13.0. The fourth-order valence-corrected chi connectivity index (χ4v) is 3.83. The van der Waals surface area contributed by atoms with E-state index in [0.717, 1.165) is 17.0 Å². The average Bonchev–Trinajstić information content (AvgIpc) is 3.35. The van der Waals surface area contributed by atoms with Crippen molar-refractivity contribution in [1.29, 1.82) is 0 Å². The Labute approximate surface area is 158 Å². The summed E-state index contributed by atoms with van der Waals surface area (Å²) in [5.74, 6) is 0.231. The summed E-state index contributed by atoms with van der Waals surface area (Å²) in [6, 6.07) is 9.64. The SMILES string of the molecule is CCn1nc(C(=O)N2CCC3(CC2)OCCO3)cc1-c1ccccc1OC. The van der Waals surface area contributed by atoms with E-state index in [1.807, 2.05) is 46.8 Å². The molecule has 7 nitrogen and oxygen atoms in total. The highest BCUT2D eigenvalue weighted by Crippen LogP contribution is 2.33. The molecule has 1 amide bonds. The predicted molar refractivity (Wildman–Crippen MR) is 99.7 cm³/mol. The molecule has 0 bridgehead atoms. The Morgan fingerprint density at radius 1 is 1.22 bits per heavy atom. The van der Waals surface area contributed by atoms with Gasteiger partial charge < -0.3 is 19.1 Å². The van der Waals surface area contributed by atoms with E-state index in [4.69, 9.17) is 14.2 Å². The molecule has 2 aromatic rings. The monoisotopic (exact) mass is 371 g/mol. The molecule has 2 aliphatic heterocycles. The summed E-state index contributed by atoms with van der Waals surface area (Å²) in [6.45, 7) is 5.18. The van der Waals surface area contributed by atoms with Crippen LogP contribution in [0.25, 0.3) is 11.3 Å². The first kappa shape index (κ1) is 18.0. The van der Waals surface area contributed by atoms with E-state index < -0.39 is 5.79 Å². The highest BCUT2D eigenvalue weighted by molar-refractivity contribution is 5.93. The van der Waals surface area contributed by atoms with Gasteiger partial charge in [-0.3, -0.25) is 9.48 Å². The molecule has 4 rings (SSSR count). The van der Waals surface area contributed by atoms with E-state index in [0.29, 0.717) is 51.4 Å². The van der Waals surface area contributed by atoms with Gasteiger partial charge in [0.1, 0.15) is 5.75 Å². The number of aromatic nitrogens is 2. The maximum absolute atomic E-state index is 13.0. The normalized spacial score (nSPS) is 18.8. The summed E-state index contributed by atoms with van der Waals surface area (Å²) in [5, 5.41) is 4.55. The molecule has 0 N–H and O–H groups in total. The molecule has 3 heterocycles. The molecular weight excluding hydrogens is 346 g/mol. The minimum Gasteiger partial charge on any atom is -0.496 e. The molecule has 0 radical (unpaired) electrons. The van der Waals surface area contributed by atoms with E-state index in [9.17, 15) is 4.79 Å². The van der Waals surface area contributed by atoms with Crippen LogP contribution in [0, 0.1) is 0 Å². The van der Waals surface area contributed by atoms with Crippen molar-refractivity contribution in [3.05, 3.63) is 36.0 Å². The average molecular weight is 371 g/mol. The van der Waals surface area contributed by atoms with Gasteiger partial charge >= 0.3 is 0 Å². The number of piperidine rings is 1. The number of rotatable bonds is 4. The lowest BCUT2D eigenvalue weighted by molar-refractivity contribution is -0.181. The first-order valence-electron chi connectivity index (χ1n) is 9.44. The Morgan fingerprint density at radius 3 is 2.59 bits per heavy atom. The molecule has 1 aromatic heterocycles. The molecule has 144 valence electrons. The van der Waals surface area contributed by atoms with Crippen LogP contribution in [0.1, 0.15) is 30.3 Å². The molecule has 0 saturated carbocycles. The van der Waals surface area contributed by atoms with Gasteiger partial charge in [0, 0.05) is 38.0 Å². The van der Waals surface area contributed by atoms with E-state index in [1.54, 1.807) is 7.11 Å². The largest absolute Gasteiger partial charge is 0.496 e. The molecule has 2 saturated heterocycles. The minimum atomic E-state index is -0.484. The fourth-order valence-electron chi connectivity index (χ4n) is 3.83. The fraction of sp³-hybridized carbons (Fsp3) is 0.500. The molecule has 0 aliphatic carbocycles. The van der Waals surface area contributed by atoms with Crippen molar-refractivity contribution >= 4 is 5.91 Å². The summed E-state index contributed by atoms with van der Waals surface area (Å²) in [6.07, 6.45) is 1.40. The zero-order valence-electron chi connectivity index (χ0n) is 15.8. The topological polar surface area (TPSA) is 65.8 Å². The van der Waals surface area contributed by atoms with Gasteiger partial charge in [-0.15, -0.1) is 0 Å². The van der Waals surface area contributed by atoms with Crippen LogP contribution >= 0.6 is 0 Å². The van der Waals surface area contributed by atoms with E-state index >= 15 is 0 Å². The van der Waals surface area contributed by atoms with E-state index in [2.05, 4.69) is 5.10 Å². The van der Waals surface area contributed by atoms with Crippen molar-refractivity contribution in [2.24, 2.45) is 0 Å². The zero-order valence-corrected chi connectivity index (χ0v) is 15.8. The number of aryl methyl sites for hydroxylation is 1. The number of methoxy groups -OCH3 is 1. The van der Waals surface area contributed by atoms with Crippen LogP contribution in [0.3, 0.4) is 0 Å². The Hall–Kier alpha value is -2.38. The van der Waals surface area contributed by atoms with Crippen molar-refractivity contribution < 1.29 is 19.0 Å². The second kappa shape index (κ2) is 7.32. The molecule has 1 aromatic carbocycles. The predicted octanol–water partition coefficient (Wildman–Crippen LogP) is 2.56. The summed E-state index contributed by atoms with van der Waals surface area (Å²) >= 11 is 0. The molecule has 0 unspecified atom stereocenters. The van der Waals surface area contributed by atoms with Crippen LogP contribution in [-0.4, -0.2) is 59.8 Å². The lowest BCUT2D eigenvalue weighted by Crippen LogP contribution is -2.47. The van der Waals surface area contributed by atoms with Crippen molar-refractivity contribution in [1.82, 2.24) is 14.7 Å². The number of carbonyl (C=O) groups excluding carboxylic acids is 1. The molecular formula is C20H25N3O4. The Morgan fingerprint density at radius 2 is 1.93 bits per heavy atom. The minimum absolute atomic E-state index is 0.0498. The van der Waals surface area contributed by atoms with Crippen molar-refractivity contribution in [2.75, 3.05) is 33.4 Å². The van der Waals surface area contributed by atoms with E-state index in [-0.39, 0.29) is 5.91 Å². The van der Waals surface area contributed by atoms with E-state index in [1.165, 1.54) is 0 Å². The second-order valence-corrected chi connectivity index (χ2v) is 6.83. The summed E-state index contributed by atoms with van der Waals surface area (Å²) in [4.78, 5) is 14.8. The van der Waals surface area contributed by atoms with Gasteiger partial charge in [0.05, 0.1) is 26.0 Å². The zero-order chi connectivity index (χ0) is 18.9. The number of ether oxygens (including phenoxy) is 3. The third kappa shape index (κ3) is 3.33. The third-order valence-electron chi connectivity index (χ3n) is 5.31. The summed E-state index contributed by atoms with van der Waals surface area (Å²) in [5.41, 5.74) is 2.27. The van der Waals surface area contributed by atoms with Crippen LogP contribution in [0.2, 0.25) is 0 Å². The number of hydrogen-bond acceptors (Lipinski definition) is 5. The number of benzene rings is 1. The Balaban J connectivity index is 1.56. The second-order valence-electron chi connectivity index (χ2n) is 6.83. The first-order valence-corrected chi connectivity index (χ1v) is 9.44. The third-order valence-corrected chi connectivity index (χ3v) is 5.31. The number of nitrogens with zero attached hydrogens (tertiary/aromatic N) is 3. The molecule has 0 atom stereocenters. The molecule has 1 spiro atoms. The number of carbonyl (C=O) groups is 1. The Kier molecular flexibility index (Phi) is 4.88. The number of hydrogen-bond donors (Lipinski definition) is 0. The highest BCUT2D eigenvalue weighted by Gasteiger charge is 2.41. The van der Waals surface area contributed by atoms with Crippen molar-refractivity contribution in [3.8, 4) is 17.0 Å². The number of amides is 1. The summed E-state index contributed by atoms with van der Waals surface area (Å²) in [7, 11) is 1.65. The molecule has 27 heavy (non-hydrogen) atoms. The van der Waals surface area contributed by atoms with Gasteiger partial charge in [0.2, 0.25) is 0 Å². The molecule has 2 aliphatic rings. The van der Waals surface area contributed by atoms with Crippen LogP contribution in [0.15, 0.2) is 30.3 Å². The lowest BCUT2D eigenvalue weighted by atomic mass is 10.0. The van der Waals surface area contributed by atoms with Crippen molar-refractivity contribution in [3.63, 3.8) is 0 Å². The smallest absolute Gasteiger partial charge is 0.274 e. The van der Waals surface area contributed by atoms with Gasteiger partial charge in [-0.05, 0) is 25.1 Å². The molecule has 7 heteroatoms. The maximum Gasteiger partial charge on any atom is 0.274 e. The van der Waals surface area contributed by atoms with Gasteiger partial charge in [-0.1, -0.05) is 12.1 Å². The lowest BCUT2D eigenvalue weighted by Gasteiger charge is -2.37. The quantitative estimate of drug-likeness (QED) is 0.826. The van der Waals surface area contributed by atoms with Gasteiger partial charge in [0.25, 0.3) is 5.91 Å². The highest BCUT2D eigenvalue weighted by atomic mass is 16.7. The van der Waals surface area contributed by atoms with Crippen LogP contribution in [0.5, 0.6) is 5.75 Å². The first-order chi connectivity index (χ1) is 13.2. The standard InChI is InChI=1S/C20H25N3O4/c1-3-23-17(15-6-4-5-7-18(15)25-2)14-16(21-23)19(24)22-10-8-20(9-11-22)26-12-13-27-20/h4-7,14H,3,8-13H2,1-2H3. The van der Waals surface area contributed by atoms with Crippen molar-refractivity contribution in [2.45, 2.75) is 32.1 Å². The van der Waals surface area contributed by atoms with Gasteiger partial charge in [-0.25, -0.2) is 0 Å². The van der Waals surface area contributed by atoms with Gasteiger partial charge in [-0.2, -0.15) is 5.10 Å². The number of para-hydroxylation sites is 1. The van der Waals surface area contributed by atoms with Crippen LogP contribution < -0.4 is 4.74 Å². The van der Waals surface area contributed by atoms with Crippen LogP contribution in [-0.2, 0) is 16.0 Å². The molecule has 2 fully saturated rings. The number of likely N-dealkylation sites (tertiary alicyclic amines) is 1.